The molecule has 1 aliphatic heterocycles. The van der Waals surface area contributed by atoms with Crippen LogP contribution in [-0.4, -0.2) is 39.4 Å². The highest BCUT2D eigenvalue weighted by Crippen LogP contribution is 2.51. The van der Waals surface area contributed by atoms with Crippen molar-refractivity contribution < 1.29 is 9.53 Å². The van der Waals surface area contributed by atoms with Crippen LogP contribution in [0.15, 0.2) is 36.9 Å². The summed E-state index contributed by atoms with van der Waals surface area (Å²) in [5, 5.41) is 7.34. The smallest absolute Gasteiger partial charge is 0.251 e. The standard InChI is InChI=1S/C18H22N4O2/c1-18(2)15(14-7-4-8-24-16(14)18)21-17(23)12-5-3-6-13(9-12)22-11-19-10-20-22/h3,5-6,9-11,14-16H,4,7-8H2,1-2H3,(H,21,23)/t14-,15+,16+/m0/s1. The Balaban J connectivity index is 1.51. The van der Waals surface area contributed by atoms with Gasteiger partial charge in [-0.15, -0.1) is 0 Å². The molecule has 1 aromatic heterocycles. The van der Waals surface area contributed by atoms with Gasteiger partial charge < -0.3 is 10.1 Å². The molecule has 6 nitrogen and oxygen atoms in total. The number of hydrogen-bond acceptors (Lipinski definition) is 4. The van der Waals surface area contributed by atoms with Crippen molar-refractivity contribution >= 4 is 5.91 Å². The van der Waals surface area contributed by atoms with Gasteiger partial charge in [-0.2, -0.15) is 5.10 Å². The largest absolute Gasteiger partial charge is 0.377 e. The molecule has 1 saturated carbocycles. The number of rotatable bonds is 3. The van der Waals surface area contributed by atoms with E-state index in [1.54, 1.807) is 11.0 Å². The molecule has 0 radical (unpaired) electrons. The molecule has 2 fully saturated rings. The predicted octanol–water partition coefficient (Wildman–Crippen LogP) is 2.20. The van der Waals surface area contributed by atoms with Crippen molar-refractivity contribution in [1.82, 2.24) is 20.1 Å². The fourth-order valence-corrected chi connectivity index (χ4v) is 4.17. The molecule has 3 atom stereocenters. The molecule has 0 unspecified atom stereocenters. The molecule has 1 aromatic carbocycles. The Morgan fingerprint density at radius 3 is 3.08 bits per heavy atom. The maximum Gasteiger partial charge on any atom is 0.251 e. The molecule has 0 bridgehead atoms. The number of benzene rings is 1. The number of hydrogen-bond donors (Lipinski definition) is 1. The summed E-state index contributed by atoms with van der Waals surface area (Å²) >= 11 is 0. The van der Waals surface area contributed by atoms with E-state index in [0.717, 1.165) is 25.1 Å². The zero-order chi connectivity index (χ0) is 16.7. The van der Waals surface area contributed by atoms with Gasteiger partial charge in [0.1, 0.15) is 12.7 Å². The maximum atomic E-state index is 12.7. The van der Waals surface area contributed by atoms with Crippen LogP contribution in [0.25, 0.3) is 5.69 Å². The lowest BCUT2D eigenvalue weighted by Crippen LogP contribution is -2.70. The fraction of sp³-hybridized carbons (Fsp3) is 0.500. The first kappa shape index (κ1) is 15.3. The Kier molecular flexibility index (Phi) is 3.64. The van der Waals surface area contributed by atoms with Gasteiger partial charge in [0, 0.05) is 29.5 Å². The summed E-state index contributed by atoms with van der Waals surface area (Å²) in [6.45, 7) is 5.19. The van der Waals surface area contributed by atoms with Crippen LogP contribution in [0.4, 0.5) is 0 Å². The first-order chi connectivity index (χ1) is 11.6. The lowest BCUT2D eigenvalue weighted by atomic mass is 9.55. The summed E-state index contributed by atoms with van der Waals surface area (Å²) in [6.07, 6.45) is 5.56. The number of aromatic nitrogens is 3. The molecule has 1 amide bonds. The summed E-state index contributed by atoms with van der Waals surface area (Å²) in [4.78, 5) is 16.7. The Morgan fingerprint density at radius 2 is 2.29 bits per heavy atom. The summed E-state index contributed by atoms with van der Waals surface area (Å²) in [7, 11) is 0. The van der Waals surface area contributed by atoms with E-state index in [1.165, 1.54) is 6.33 Å². The molecule has 2 aromatic rings. The molecule has 1 aliphatic carbocycles. The van der Waals surface area contributed by atoms with E-state index in [4.69, 9.17) is 4.74 Å². The Morgan fingerprint density at radius 1 is 1.42 bits per heavy atom. The third-order valence-corrected chi connectivity index (χ3v) is 5.41. The SMILES string of the molecule is CC1(C)[C@H](NC(=O)c2cccc(-n3cncn3)c2)[C@@H]2CCCO[C@H]21. The van der Waals surface area contributed by atoms with E-state index in [0.29, 0.717) is 11.5 Å². The highest BCUT2D eigenvalue weighted by atomic mass is 16.5. The number of nitrogens with one attached hydrogen (secondary N) is 1. The first-order valence-corrected chi connectivity index (χ1v) is 8.45. The Labute approximate surface area is 141 Å². The minimum Gasteiger partial charge on any atom is -0.377 e. The fourth-order valence-electron chi connectivity index (χ4n) is 4.17. The van der Waals surface area contributed by atoms with Gasteiger partial charge in [-0.25, -0.2) is 9.67 Å². The van der Waals surface area contributed by atoms with Gasteiger partial charge in [0.25, 0.3) is 5.91 Å². The number of nitrogens with zero attached hydrogens (tertiary/aromatic N) is 3. The Hall–Kier alpha value is -2.21. The van der Waals surface area contributed by atoms with Gasteiger partial charge >= 0.3 is 0 Å². The Bertz CT molecular complexity index is 741. The second-order valence-electron chi connectivity index (χ2n) is 7.26. The zero-order valence-electron chi connectivity index (χ0n) is 14.0. The quantitative estimate of drug-likeness (QED) is 0.939. The minimum absolute atomic E-state index is 0.0236. The number of fused-ring (bicyclic) bond motifs is 1. The van der Waals surface area contributed by atoms with Gasteiger partial charge in [-0.3, -0.25) is 4.79 Å². The molecular weight excluding hydrogens is 304 g/mol. The molecule has 4 rings (SSSR count). The van der Waals surface area contributed by atoms with Crippen LogP contribution in [0.5, 0.6) is 0 Å². The third kappa shape index (κ3) is 2.41. The molecule has 1 saturated heterocycles. The van der Waals surface area contributed by atoms with Gasteiger partial charge in [-0.1, -0.05) is 19.9 Å². The average molecular weight is 326 g/mol. The minimum atomic E-state index is -0.0425. The average Bonchev–Trinajstić information content (AvgIpc) is 3.14. The summed E-state index contributed by atoms with van der Waals surface area (Å²) in [5.41, 5.74) is 1.44. The van der Waals surface area contributed by atoms with E-state index in [1.807, 2.05) is 24.3 Å². The molecule has 126 valence electrons. The summed E-state index contributed by atoms with van der Waals surface area (Å²) < 4.78 is 7.56. The van der Waals surface area contributed by atoms with E-state index < -0.39 is 0 Å². The van der Waals surface area contributed by atoms with Crippen LogP contribution in [0, 0.1) is 11.3 Å². The van der Waals surface area contributed by atoms with E-state index in [-0.39, 0.29) is 23.5 Å². The monoisotopic (exact) mass is 326 g/mol. The van der Waals surface area contributed by atoms with Crippen molar-refractivity contribution in [3.05, 3.63) is 42.5 Å². The lowest BCUT2D eigenvalue weighted by Gasteiger charge is -2.59. The molecular formula is C18H22N4O2. The van der Waals surface area contributed by atoms with E-state index in [9.17, 15) is 4.79 Å². The highest BCUT2D eigenvalue weighted by molar-refractivity contribution is 5.95. The van der Waals surface area contributed by atoms with Crippen molar-refractivity contribution in [2.24, 2.45) is 11.3 Å². The molecule has 2 heterocycles. The van der Waals surface area contributed by atoms with Crippen LogP contribution in [0.1, 0.15) is 37.0 Å². The van der Waals surface area contributed by atoms with Gasteiger partial charge in [0.05, 0.1) is 11.8 Å². The predicted molar refractivity (Wildman–Crippen MR) is 88.9 cm³/mol. The first-order valence-electron chi connectivity index (χ1n) is 8.45. The van der Waals surface area contributed by atoms with Crippen LogP contribution in [0.2, 0.25) is 0 Å². The lowest BCUT2D eigenvalue weighted by molar-refractivity contribution is -0.189. The van der Waals surface area contributed by atoms with E-state index >= 15 is 0 Å². The number of carbonyl (C=O) groups is 1. The molecule has 2 aliphatic rings. The van der Waals surface area contributed by atoms with Gasteiger partial charge in [0.15, 0.2) is 0 Å². The molecule has 0 spiro atoms. The number of carbonyl (C=O) groups excluding carboxylic acids is 1. The topological polar surface area (TPSA) is 69.0 Å². The van der Waals surface area contributed by atoms with Crippen LogP contribution in [-0.2, 0) is 4.74 Å². The molecule has 24 heavy (non-hydrogen) atoms. The van der Waals surface area contributed by atoms with Crippen molar-refractivity contribution in [1.29, 1.82) is 0 Å². The van der Waals surface area contributed by atoms with Gasteiger partial charge in [-0.05, 0) is 31.0 Å². The van der Waals surface area contributed by atoms with Crippen molar-refractivity contribution in [2.75, 3.05) is 6.61 Å². The second-order valence-corrected chi connectivity index (χ2v) is 7.26. The van der Waals surface area contributed by atoms with Crippen molar-refractivity contribution in [3.63, 3.8) is 0 Å². The summed E-state index contributed by atoms with van der Waals surface area (Å²) in [6, 6.07) is 7.60. The van der Waals surface area contributed by atoms with Crippen molar-refractivity contribution in [3.8, 4) is 5.69 Å². The van der Waals surface area contributed by atoms with Crippen LogP contribution < -0.4 is 5.32 Å². The molecule has 6 heteroatoms. The second kappa shape index (κ2) is 5.70. The number of ether oxygens (including phenoxy) is 1. The van der Waals surface area contributed by atoms with Crippen molar-refractivity contribution in [2.45, 2.75) is 38.8 Å². The number of amides is 1. The zero-order valence-corrected chi connectivity index (χ0v) is 14.0. The van der Waals surface area contributed by atoms with Gasteiger partial charge in [0.2, 0.25) is 0 Å². The molecule has 1 N–H and O–H groups in total. The third-order valence-electron chi connectivity index (χ3n) is 5.41. The van der Waals surface area contributed by atoms with Crippen LogP contribution in [0.3, 0.4) is 0 Å². The summed E-state index contributed by atoms with van der Waals surface area (Å²) in [5.74, 6) is 0.385. The highest BCUT2D eigenvalue weighted by Gasteiger charge is 2.58. The van der Waals surface area contributed by atoms with Crippen LogP contribution >= 0.6 is 0 Å². The normalized spacial score (nSPS) is 27.8. The maximum absolute atomic E-state index is 12.7. The van der Waals surface area contributed by atoms with E-state index in [2.05, 4.69) is 29.2 Å².